The van der Waals surface area contributed by atoms with Gasteiger partial charge in [0.05, 0.1) is 6.14 Å². The predicted octanol–water partition coefficient (Wildman–Crippen LogP) is 0.319. The second-order valence-corrected chi connectivity index (χ2v) is 5.05. The van der Waals surface area contributed by atoms with Gasteiger partial charge >= 0.3 is 13.6 Å². The van der Waals surface area contributed by atoms with E-state index in [0.717, 1.165) is 0 Å². The van der Waals surface area contributed by atoms with E-state index in [4.69, 9.17) is 22.0 Å². The number of hydrogen-bond donors (Lipinski definition) is 4. The summed E-state index contributed by atoms with van der Waals surface area (Å²) < 4.78 is 18.3. The molecule has 0 bridgehead atoms. The van der Waals surface area contributed by atoms with Gasteiger partial charge in [-0.2, -0.15) is 0 Å². The lowest BCUT2D eigenvalue weighted by atomic mass is 10.1. The van der Waals surface area contributed by atoms with Crippen LogP contribution >= 0.6 is 7.60 Å². The van der Waals surface area contributed by atoms with Crippen LogP contribution in [0.15, 0.2) is 24.3 Å². The van der Waals surface area contributed by atoms with E-state index >= 15 is 0 Å². The molecule has 1 aromatic carbocycles. The Bertz CT molecular complexity index is 472. The van der Waals surface area contributed by atoms with Crippen molar-refractivity contribution < 1.29 is 25.6 Å². The number of benzene rings is 1. The summed E-state index contributed by atoms with van der Waals surface area (Å²) in [6.45, 7) is 0. The van der Waals surface area contributed by atoms with Crippen LogP contribution in [0, 0.1) is 0 Å². The van der Waals surface area contributed by atoms with E-state index in [-0.39, 0.29) is 12.0 Å². The molecule has 7 heteroatoms. The summed E-state index contributed by atoms with van der Waals surface area (Å²) in [5, 5.41) is 8.63. The average molecular weight is 260 g/mol. The SMILES string of the molecule is [2H]C(c1ccc(C[C@H](N)C(=O)O)cc1)P(=O)(O)O. The molecule has 94 valence electrons. The van der Waals surface area contributed by atoms with E-state index < -0.39 is 25.7 Å². The summed E-state index contributed by atoms with van der Waals surface area (Å²) in [5.74, 6) is -1.12. The van der Waals surface area contributed by atoms with Crippen LogP contribution in [0.3, 0.4) is 0 Å². The van der Waals surface area contributed by atoms with Crippen LogP contribution in [-0.4, -0.2) is 26.9 Å². The van der Waals surface area contributed by atoms with Crippen LogP contribution in [0.1, 0.15) is 12.5 Å². The van der Waals surface area contributed by atoms with Crippen molar-refractivity contribution >= 4 is 13.6 Å². The number of carbonyl (C=O) groups is 1. The molecule has 0 radical (unpaired) electrons. The molecule has 0 aromatic heterocycles. The Labute approximate surface area is 99.6 Å². The molecule has 0 fully saturated rings. The molecule has 17 heavy (non-hydrogen) atoms. The van der Waals surface area contributed by atoms with E-state index in [9.17, 15) is 9.36 Å². The third-order valence-corrected chi connectivity index (χ3v) is 2.70. The van der Waals surface area contributed by atoms with E-state index in [1.165, 1.54) is 24.3 Å². The van der Waals surface area contributed by atoms with Crippen LogP contribution in [0.25, 0.3) is 0 Å². The molecular formula is C10H14NO5P. The summed E-state index contributed by atoms with van der Waals surface area (Å²) in [6, 6.07) is 4.77. The van der Waals surface area contributed by atoms with Gasteiger partial charge in [0.1, 0.15) is 6.04 Å². The van der Waals surface area contributed by atoms with Crippen molar-refractivity contribution in [1.29, 1.82) is 0 Å². The standard InChI is InChI=1S/C10H14NO5P/c11-9(10(12)13)5-7-1-3-8(4-2-7)6-17(14,15)16/h1-4,9H,5-6,11H2,(H,12,13)(H2,14,15,16)/t9-/m0/s1/i6D/t6?,9-. The van der Waals surface area contributed by atoms with Crippen LogP contribution in [0.5, 0.6) is 0 Å². The fourth-order valence-corrected chi connectivity index (χ4v) is 1.84. The minimum Gasteiger partial charge on any atom is -0.480 e. The van der Waals surface area contributed by atoms with Crippen LogP contribution in [-0.2, 0) is 21.9 Å². The molecule has 0 aliphatic rings. The van der Waals surface area contributed by atoms with Crippen molar-refractivity contribution in [3.63, 3.8) is 0 Å². The van der Waals surface area contributed by atoms with Crippen molar-refractivity contribution in [1.82, 2.24) is 0 Å². The van der Waals surface area contributed by atoms with Gasteiger partial charge in [0.2, 0.25) is 0 Å². The third-order valence-electron chi connectivity index (χ3n) is 2.07. The molecule has 0 heterocycles. The van der Waals surface area contributed by atoms with Crippen molar-refractivity contribution in [2.45, 2.75) is 18.6 Å². The van der Waals surface area contributed by atoms with E-state index in [2.05, 4.69) is 0 Å². The summed E-state index contributed by atoms with van der Waals surface area (Å²) in [5.41, 5.74) is 6.16. The van der Waals surface area contributed by atoms with Crippen molar-refractivity contribution in [3.8, 4) is 0 Å². The number of aliphatic carboxylic acids is 1. The van der Waals surface area contributed by atoms with Crippen LogP contribution < -0.4 is 5.73 Å². The van der Waals surface area contributed by atoms with Crippen LogP contribution in [0.4, 0.5) is 0 Å². The maximum Gasteiger partial charge on any atom is 0.329 e. The second-order valence-electron chi connectivity index (χ2n) is 3.61. The maximum atomic E-state index is 10.9. The molecule has 1 rings (SSSR count). The Morgan fingerprint density at radius 2 is 1.82 bits per heavy atom. The van der Waals surface area contributed by atoms with Gasteiger partial charge in [-0.15, -0.1) is 0 Å². The van der Waals surface area contributed by atoms with Gasteiger partial charge in [0.25, 0.3) is 0 Å². The Kier molecular flexibility index (Phi) is 3.91. The predicted molar refractivity (Wildman–Crippen MR) is 61.5 cm³/mol. The minimum absolute atomic E-state index is 0.119. The summed E-state index contributed by atoms with van der Waals surface area (Å²) >= 11 is 0. The highest BCUT2D eigenvalue weighted by atomic mass is 31.2. The topological polar surface area (TPSA) is 121 Å². The first kappa shape index (κ1) is 12.3. The van der Waals surface area contributed by atoms with Gasteiger partial charge in [-0.3, -0.25) is 9.36 Å². The number of carboxylic acid groups (broad SMARTS) is 1. The van der Waals surface area contributed by atoms with E-state index in [1.807, 2.05) is 0 Å². The largest absolute Gasteiger partial charge is 0.480 e. The molecule has 0 aliphatic heterocycles. The molecule has 0 saturated heterocycles. The first-order valence-corrected chi connectivity index (χ1v) is 6.44. The first-order valence-electron chi connectivity index (χ1n) is 5.34. The lowest BCUT2D eigenvalue weighted by Crippen LogP contribution is -2.32. The zero-order valence-corrected chi connectivity index (χ0v) is 9.75. The lowest BCUT2D eigenvalue weighted by Gasteiger charge is -2.08. The molecule has 1 unspecified atom stereocenters. The average Bonchev–Trinajstić information content (AvgIpc) is 2.27. The highest BCUT2D eigenvalue weighted by Gasteiger charge is 2.15. The summed E-state index contributed by atoms with van der Waals surface area (Å²) in [7, 11) is -4.49. The molecule has 0 saturated carbocycles. The van der Waals surface area contributed by atoms with Crippen LogP contribution in [0.2, 0.25) is 0 Å². The highest BCUT2D eigenvalue weighted by Crippen LogP contribution is 2.38. The molecule has 6 nitrogen and oxygen atoms in total. The molecule has 5 N–H and O–H groups in total. The zero-order chi connectivity index (χ0) is 13.9. The van der Waals surface area contributed by atoms with Crippen molar-refractivity contribution in [2.75, 3.05) is 0 Å². The Hall–Kier alpha value is -1.20. The van der Waals surface area contributed by atoms with Crippen molar-refractivity contribution in [2.24, 2.45) is 5.73 Å². The molecule has 0 amide bonds. The van der Waals surface area contributed by atoms with Gasteiger partial charge in [-0.25, -0.2) is 0 Å². The van der Waals surface area contributed by atoms with Gasteiger partial charge in [0, 0.05) is 1.37 Å². The van der Waals surface area contributed by atoms with Gasteiger partial charge < -0.3 is 20.6 Å². The first-order chi connectivity index (χ1) is 8.21. The normalized spacial score (nSPS) is 16.1. The number of nitrogens with two attached hydrogens (primary N) is 1. The summed E-state index contributed by atoms with van der Waals surface area (Å²) in [4.78, 5) is 28.3. The van der Waals surface area contributed by atoms with Gasteiger partial charge in [0.15, 0.2) is 0 Å². The fraction of sp³-hybridized carbons (Fsp3) is 0.300. The Balaban J connectivity index is 2.81. The van der Waals surface area contributed by atoms with E-state index in [0.29, 0.717) is 5.56 Å². The van der Waals surface area contributed by atoms with Gasteiger partial charge in [-0.1, -0.05) is 24.3 Å². The quantitative estimate of drug-likeness (QED) is 0.566. The molecule has 0 aliphatic carbocycles. The molecule has 1 aromatic rings. The lowest BCUT2D eigenvalue weighted by molar-refractivity contribution is -0.138. The minimum atomic E-state index is -4.49. The van der Waals surface area contributed by atoms with Crippen molar-refractivity contribution in [3.05, 3.63) is 35.4 Å². The Morgan fingerprint density at radius 3 is 2.24 bits per heavy atom. The molecule has 2 atom stereocenters. The monoisotopic (exact) mass is 260 g/mol. The third kappa shape index (κ3) is 5.10. The second kappa shape index (κ2) is 5.42. The number of rotatable bonds is 5. The van der Waals surface area contributed by atoms with E-state index in [1.54, 1.807) is 0 Å². The summed E-state index contributed by atoms with van der Waals surface area (Å²) in [6.07, 6.45) is -1.51. The Morgan fingerprint density at radius 1 is 1.35 bits per heavy atom. The highest BCUT2D eigenvalue weighted by molar-refractivity contribution is 7.50. The smallest absolute Gasteiger partial charge is 0.329 e. The van der Waals surface area contributed by atoms with Gasteiger partial charge in [-0.05, 0) is 17.5 Å². The number of carboxylic acids is 1. The molecular weight excluding hydrogens is 245 g/mol. The number of hydrogen-bond acceptors (Lipinski definition) is 3. The fourth-order valence-electron chi connectivity index (χ4n) is 1.28. The molecule has 0 spiro atoms. The maximum absolute atomic E-state index is 10.9. The zero-order valence-electron chi connectivity index (χ0n) is 9.85.